The lowest BCUT2D eigenvalue weighted by Gasteiger charge is -2.17. The Labute approximate surface area is 144 Å². The number of carbonyl (C=O) groups is 1. The second-order valence-electron chi connectivity index (χ2n) is 5.44. The highest BCUT2D eigenvalue weighted by molar-refractivity contribution is 7.99. The molecule has 1 amide bonds. The second-order valence-corrected chi connectivity index (χ2v) is 6.39. The fourth-order valence-corrected chi connectivity index (χ4v) is 3.14. The van der Waals surface area contributed by atoms with E-state index >= 15 is 0 Å². The first-order chi connectivity index (χ1) is 11.7. The van der Waals surface area contributed by atoms with E-state index in [0.717, 1.165) is 28.7 Å². The summed E-state index contributed by atoms with van der Waals surface area (Å²) in [5.41, 5.74) is 2.03. The van der Waals surface area contributed by atoms with Crippen LogP contribution in [0.4, 0.5) is 0 Å². The molecule has 0 unspecified atom stereocenters. The summed E-state index contributed by atoms with van der Waals surface area (Å²) in [4.78, 5) is 22.7. The number of fused-ring (bicyclic) bond motifs is 1. The monoisotopic (exact) mass is 341 g/mol. The first-order valence-corrected chi connectivity index (χ1v) is 8.76. The predicted octanol–water partition coefficient (Wildman–Crippen LogP) is 2.67. The van der Waals surface area contributed by atoms with E-state index in [0.29, 0.717) is 17.5 Å². The van der Waals surface area contributed by atoms with Crippen LogP contribution in [0.5, 0.6) is 0 Å². The molecule has 1 N–H and O–H groups in total. The van der Waals surface area contributed by atoms with Crippen molar-refractivity contribution in [3.05, 3.63) is 47.9 Å². The van der Waals surface area contributed by atoms with Crippen molar-refractivity contribution in [2.24, 2.45) is 0 Å². The molecule has 2 aromatic heterocycles. The number of aromatic nitrogens is 4. The quantitative estimate of drug-likeness (QED) is 0.698. The summed E-state index contributed by atoms with van der Waals surface area (Å²) in [6.07, 6.45) is 2.58. The molecule has 7 heteroatoms. The summed E-state index contributed by atoms with van der Waals surface area (Å²) in [7, 11) is 1.81. The Hall–Kier alpha value is -2.41. The molecule has 0 fully saturated rings. The summed E-state index contributed by atoms with van der Waals surface area (Å²) < 4.78 is 0. The number of aryl methyl sites for hydroxylation is 1. The molecule has 0 atom stereocenters. The van der Waals surface area contributed by atoms with Gasteiger partial charge in [-0.3, -0.25) is 14.9 Å². The number of nitrogens with zero attached hydrogens (tertiary/aromatic N) is 4. The van der Waals surface area contributed by atoms with E-state index in [9.17, 15) is 4.79 Å². The number of rotatable bonds is 6. The van der Waals surface area contributed by atoms with Gasteiger partial charge in [-0.05, 0) is 17.7 Å². The van der Waals surface area contributed by atoms with Crippen LogP contribution in [0.15, 0.2) is 41.7 Å². The number of hydrogen-bond acceptors (Lipinski definition) is 5. The normalized spacial score (nSPS) is 10.9. The van der Waals surface area contributed by atoms with E-state index in [1.54, 1.807) is 11.1 Å². The number of pyridine rings is 1. The highest BCUT2D eigenvalue weighted by Gasteiger charge is 2.13. The van der Waals surface area contributed by atoms with Crippen molar-refractivity contribution in [3.8, 4) is 0 Å². The summed E-state index contributed by atoms with van der Waals surface area (Å²) >= 11 is 1.35. The van der Waals surface area contributed by atoms with Crippen LogP contribution in [0.1, 0.15) is 18.3 Å². The molecule has 0 aliphatic rings. The van der Waals surface area contributed by atoms with Gasteiger partial charge in [-0.2, -0.15) is 0 Å². The van der Waals surface area contributed by atoms with Crippen LogP contribution in [0, 0.1) is 0 Å². The lowest BCUT2D eigenvalue weighted by atomic mass is 10.1. The van der Waals surface area contributed by atoms with Crippen LogP contribution in [-0.2, 0) is 17.8 Å². The maximum absolute atomic E-state index is 12.4. The minimum absolute atomic E-state index is 0.0451. The molecule has 2 heterocycles. The lowest BCUT2D eigenvalue weighted by molar-refractivity contribution is -0.127. The predicted molar refractivity (Wildman–Crippen MR) is 94.7 cm³/mol. The smallest absolute Gasteiger partial charge is 0.233 e. The van der Waals surface area contributed by atoms with Crippen LogP contribution in [0.3, 0.4) is 0 Å². The molecule has 24 heavy (non-hydrogen) atoms. The SMILES string of the molecule is CCc1nc(SCC(=O)N(C)Cc2cccc3ncccc23)n[nH]1. The van der Waals surface area contributed by atoms with Crippen molar-refractivity contribution in [1.29, 1.82) is 0 Å². The van der Waals surface area contributed by atoms with Gasteiger partial charge in [0.05, 0.1) is 11.3 Å². The lowest BCUT2D eigenvalue weighted by Crippen LogP contribution is -2.27. The molecular formula is C17H19N5OS. The average molecular weight is 341 g/mol. The average Bonchev–Trinajstić information content (AvgIpc) is 3.08. The molecule has 6 nitrogen and oxygen atoms in total. The summed E-state index contributed by atoms with van der Waals surface area (Å²) in [5, 5.41) is 8.64. The van der Waals surface area contributed by atoms with Gasteiger partial charge in [-0.25, -0.2) is 4.98 Å². The van der Waals surface area contributed by atoms with E-state index < -0.39 is 0 Å². The molecule has 3 rings (SSSR count). The van der Waals surface area contributed by atoms with Gasteiger partial charge in [0, 0.05) is 31.6 Å². The van der Waals surface area contributed by atoms with Crippen molar-refractivity contribution >= 4 is 28.6 Å². The minimum atomic E-state index is 0.0451. The van der Waals surface area contributed by atoms with Gasteiger partial charge >= 0.3 is 0 Å². The van der Waals surface area contributed by atoms with E-state index in [1.165, 1.54) is 11.8 Å². The number of H-pyrrole nitrogens is 1. The summed E-state index contributed by atoms with van der Waals surface area (Å²) in [6, 6.07) is 9.93. The Balaban J connectivity index is 1.63. The van der Waals surface area contributed by atoms with E-state index in [1.807, 2.05) is 44.3 Å². The first-order valence-electron chi connectivity index (χ1n) is 7.78. The topological polar surface area (TPSA) is 74.8 Å². The molecule has 0 bridgehead atoms. The number of thioether (sulfide) groups is 1. The van der Waals surface area contributed by atoms with E-state index in [-0.39, 0.29) is 5.91 Å². The largest absolute Gasteiger partial charge is 0.341 e. The van der Waals surface area contributed by atoms with Crippen molar-refractivity contribution in [1.82, 2.24) is 25.1 Å². The molecule has 0 aliphatic carbocycles. The van der Waals surface area contributed by atoms with Crippen LogP contribution in [-0.4, -0.2) is 43.8 Å². The van der Waals surface area contributed by atoms with Gasteiger partial charge in [0.15, 0.2) is 0 Å². The highest BCUT2D eigenvalue weighted by atomic mass is 32.2. The van der Waals surface area contributed by atoms with Gasteiger partial charge in [0.2, 0.25) is 11.1 Å². The summed E-state index contributed by atoms with van der Waals surface area (Å²) in [5.74, 6) is 1.20. The van der Waals surface area contributed by atoms with Crippen LogP contribution >= 0.6 is 11.8 Å². The Morgan fingerprint density at radius 1 is 1.29 bits per heavy atom. The molecule has 0 saturated carbocycles. The first kappa shape index (κ1) is 16.4. The maximum Gasteiger partial charge on any atom is 0.233 e. The molecule has 0 radical (unpaired) electrons. The van der Waals surface area contributed by atoms with Crippen LogP contribution in [0.2, 0.25) is 0 Å². The summed E-state index contributed by atoms with van der Waals surface area (Å²) in [6.45, 7) is 2.56. The van der Waals surface area contributed by atoms with Gasteiger partial charge in [-0.15, -0.1) is 5.10 Å². The number of benzene rings is 1. The van der Waals surface area contributed by atoms with Crippen LogP contribution < -0.4 is 0 Å². The minimum Gasteiger partial charge on any atom is -0.341 e. The number of amides is 1. The molecule has 3 aromatic rings. The molecule has 0 aliphatic heterocycles. The molecule has 124 valence electrons. The zero-order valence-electron chi connectivity index (χ0n) is 13.7. The van der Waals surface area contributed by atoms with Gasteiger partial charge in [0.25, 0.3) is 0 Å². The number of hydrogen-bond donors (Lipinski definition) is 1. The van der Waals surface area contributed by atoms with Gasteiger partial charge in [0.1, 0.15) is 5.82 Å². The third kappa shape index (κ3) is 3.73. The third-order valence-corrected chi connectivity index (χ3v) is 4.57. The molecule has 0 spiro atoms. The second kappa shape index (κ2) is 7.44. The Kier molecular flexibility index (Phi) is 5.10. The van der Waals surface area contributed by atoms with E-state index in [2.05, 4.69) is 20.2 Å². The maximum atomic E-state index is 12.4. The van der Waals surface area contributed by atoms with Crippen molar-refractivity contribution < 1.29 is 4.79 Å². The number of nitrogens with one attached hydrogen (secondary N) is 1. The van der Waals surface area contributed by atoms with Crippen molar-refractivity contribution in [3.63, 3.8) is 0 Å². The third-order valence-electron chi connectivity index (χ3n) is 3.74. The van der Waals surface area contributed by atoms with Gasteiger partial charge in [-0.1, -0.05) is 36.9 Å². The Morgan fingerprint density at radius 3 is 2.96 bits per heavy atom. The van der Waals surface area contributed by atoms with Crippen LogP contribution in [0.25, 0.3) is 10.9 Å². The number of carbonyl (C=O) groups excluding carboxylic acids is 1. The van der Waals surface area contributed by atoms with Crippen molar-refractivity contribution in [2.45, 2.75) is 25.0 Å². The Morgan fingerprint density at radius 2 is 2.17 bits per heavy atom. The molecular weight excluding hydrogens is 322 g/mol. The fourth-order valence-electron chi connectivity index (χ4n) is 2.39. The highest BCUT2D eigenvalue weighted by Crippen LogP contribution is 2.19. The van der Waals surface area contributed by atoms with E-state index in [4.69, 9.17) is 0 Å². The van der Waals surface area contributed by atoms with Gasteiger partial charge < -0.3 is 4.90 Å². The molecule has 1 aromatic carbocycles. The standard InChI is InChI=1S/C17H19N5OS/c1-3-15-19-17(21-20-15)24-11-16(23)22(2)10-12-6-4-8-14-13(12)7-5-9-18-14/h4-9H,3,10-11H2,1-2H3,(H,19,20,21). The molecule has 0 saturated heterocycles. The Bertz CT molecular complexity index is 842. The zero-order valence-corrected chi connectivity index (χ0v) is 14.5. The fraction of sp³-hybridized carbons (Fsp3) is 0.294. The number of aromatic amines is 1. The van der Waals surface area contributed by atoms with Crippen molar-refractivity contribution in [2.75, 3.05) is 12.8 Å². The zero-order chi connectivity index (χ0) is 16.9.